The van der Waals surface area contributed by atoms with E-state index < -0.39 is 25.3 Å². The molecule has 5 unspecified atom stereocenters. The van der Waals surface area contributed by atoms with Gasteiger partial charge in [0.15, 0.2) is 0 Å². The normalized spacial score (nSPS) is 31.1. The topological polar surface area (TPSA) is 14.1 Å². The third kappa shape index (κ3) is 5.98. The Hall–Kier alpha value is 0.951. The molecule has 0 heterocycles. The van der Waals surface area contributed by atoms with Crippen molar-refractivity contribution in [1.82, 2.24) is 0 Å². The van der Waals surface area contributed by atoms with Gasteiger partial charge in [-0.1, -0.05) is 72.6 Å². The van der Waals surface area contributed by atoms with Crippen LogP contribution in [0.1, 0.15) is 62.3 Å². The number of nitrogens with zero attached hydrogens (tertiary/aromatic N) is 1. The second kappa shape index (κ2) is 10.3. The Labute approximate surface area is 187 Å². The third-order valence-electron chi connectivity index (χ3n) is 6.92. The summed E-state index contributed by atoms with van der Waals surface area (Å²) < 4.78 is 0. The average molecular weight is 466 g/mol. The molecule has 0 radical (unpaired) electrons. The average Bonchev–Trinajstić information content (AvgIpc) is 2.74. The van der Waals surface area contributed by atoms with Crippen molar-refractivity contribution in [2.45, 2.75) is 86.5 Å². The molecule has 1 nitrogen and oxygen atoms in total. The molecule has 2 aliphatic rings. The number of allylic oxidation sites excluding steroid dienone is 4. The molecule has 2 rings (SSSR count). The second-order valence-corrected chi connectivity index (χ2v) is 16.7. The first-order chi connectivity index (χ1) is 11.7. The van der Waals surface area contributed by atoms with Gasteiger partial charge in [-0.2, -0.15) is 0 Å². The second-order valence-electron chi connectivity index (χ2n) is 9.92. The van der Waals surface area contributed by atoms with Gasteiger partial charge in [0.05, 0.1) is 0 Å². The summed E-state index contributed by atoms with van der Waals surface area (Å²) in [7, 11) is 8.10. The fourth-order valence-electron chi connectivity index (χ4n) is 5.85. The summed E-state index contributed by atoms with van der Waals surface area (Å²) in [5.41, 5.74) is 7.26. The number of halogens is 2. The Morgan fingerprint density at radius 2 is 1.22 bits per heavy atom. The van der Waals surface area contributed by atoms with Crippen LogP contribution in [0.3, 0.4) is 0 Å². The first kappa shape index (κ1) is 28.0. The van der Waals surface area contributed by atoms with Crippen LogP contribution in [-0.4, -0.2) is 13.8 Å². The molecule has 5 heteroatoms. The van der Waals surface area contributed by atoms with Crippen molar-refractivity contribution >= 4 is 26.8 Å². The summed E-state index contributed by atoms with van der Waals surface area (Å²) in [6, 6.07) is 0. The molecule has 0 aromatic heterocycles. The van der Waals surface area contributed by atoms with Gasteiger partial charge in [0.2, 0.25) is 0 Å². The van der Waals surface area contributed by atoms with Crippen molar-refractivity contribution in [3.8, 4) is 0 Å². The predicted molar refractivity (Wildman–Crippen MR) is 125 cm³/mol. The molecular formula is C22H41Cl2NSiTi-2. The number of hydrogen-bond acceptors (Lipinski definition) is 0. The van der Waals surface area contributed by atoms with E-state index in [9.17, 15) is 0 Å². The maximum atomic E-state index is 5.40. The first-order valence-corrected chi connectivity index (χ1v) is 17.1. The maximum absolute atomic E-state index is 5.40. The van der Waals surface area contributed by atoms with Crippen molar-refractivity contribution in [3.05, 3.63) is 34.7 Å². The van der Waals surface area contributed by atoms with Crippen LogP contribution < -0.4 is 0 Å². The van der Waals surface area contributed by atoms with Crippen molar-refractivity contribution in [2.24, 2.45) is 23.7 Å². The van der Waals surface area contributed by atoms with Gasteiger partial charge in [0.25, 0.3) is 0 Å². The Bertz CT molecular complexity index is 577. The zero-order valence-electron chi connectivity index (χ0n) is 19.6. The van der Waals surface area contributed by atoms with E-state index in [-0.39, 0.29) is 13.0 Å². The molecule has 0 aromatic rings. The van der Waals surface area contributed by atoms with Crippen LogP contribution in [0.4, 0.5) is 0 Å². The molecule has 0 spiro atoms. The summed E-state index contributed by atoms with van der Waals surface area (Å²) in [6.45, 7) is 26.3. The van der Waals surface area contributed by atoms with Crippen LogP contribution in [-0.2, 0) is 17.0 Å². The zero-order valence-corrected chi connectivity index (χ0v) is 23.7. The predicted octanol–water partition coefficient (Wildman–Crippen LogP) is 8.77. The van der Waals surface area contributed by atoms with E-state index in [1.807, 2.05) is 0 Å². The number of fused-ring (bicyclic) bond motifs is 1. The van der Waals surface area contributed by atoms with Crippen molar-refractivity contribution < 1.29 is 17.0 Å². The molecule has 2 aliphatic carbocycles. The molecule has 0 N–H and O–H groups in total. The van der Waals surface area contributed by atoms with Gasteiger partial charge in [-0.05, 0) is 62.5 Å². The molecule has 0 aliphatic heterocycles. The molecule has 0 bridgehead atoms. The molecule has 1 saturated carbocycles. The summed E-state index contributed by atoms with van der Waals surface area (Å²) in [5, 5.41) is 0. The van der Waals surface area contributed by atoms with Gasteiger partial charge >= 0.3 is 35.6 Å². The number of hydrogen-bond donors (Lipinski definition) is 0. The fraction of sp³-hybridized carbons (Fsp3) is 0.773. The molecular weight excluding hydrogens is 425 g/mol. The van der Waals surface area contributed by atoms with Gasteiger partial charge in [-0.25, -0.2) is 0 Å². The summed E-state index contributed by atoms with van der Waals surface area (Å²) in [4.78, 5) is 5.40. The van der Waals surface area contributed by atoms with E-state index >= 15 is 0 Å². The van der Waals surface area contributed by atoms with Crippen molar-refractivity contribution in [1.29, 1.82) is 0 Å². The van der Waals surface area contributed by atoms with E-state index in [4.69, 9.17) is 23.6 Å². The van der Waals surface area contributed by atoms with E-state index in [0.717, 1.165) is 29.2 Å². The standard InChI is InChI=1S/C21H38NSi.CH3.2ClH.Ti/c1-12-13(2)15(4)19-18(14(12)3)16(5)17(6)20(19)23(10,11)22-21(7,8)9;;;;/h16-20H,1-11H3;1H3;2*1H;/q2*-1;;;+2/p-2. The Balaban J connectivity index is 0.00000158. The van der Waals surface area contributed by atoms with Gasteiger partial charge in [-0.15, -0.1) is 5.54 Å². The molecule has 5 atom stereocenters. The number of rotatable bonds is 2. The monoisotopic (exact) mass is 465 g/mol. The van der Waals surface area contributed by atoms with E-state index in [1.54, 1.807) is 22.3 Å². The van der Waals surface area contributed by atoms with Crippen molar-refractivity contribution in [3.63, 3.8) is 0 Å². The van der Waals surface area contributed by atoms with Crippen molar-refractivity contribution in [2.75, 3.05) is 0 Å². The Kier molecular flexibility index (Phi) is 10.7. The molecule has 158 valence electrons. The van der Waals surface area contributed by atoms with Crippen LogP contribution in [0.5, 0.6) is 0 Å². The zero-order chi connectivity index (χ0) is 20.6. The molecule has 0 amide bonds. The van der Waals surface area contributed by atoms with E-state index in [2.05, 4.69) is 75.4 Å². The SMILES string of the molecule is CC1=C(C)C2C(C)C(C)C([Si](C)(C)[N-]C(C)(C)C)C2C(C)=C1C.[CH3-].[Cl][Ti][Cl]. The first-order valence-electron chi connectivity index (χ1n) is 9.76. The Morgan fingerprint density at radius 3 is 1.59 bits per heavy atom. The van der Waals surface area contributed by atoms with Gasteiger partial charge in [0.1, 0.15) is 0 Å². The van der Waals surface area contributed by atoms with Crippen LogP contribution in [0.25, 0.3) is 4.98 Å². The van der Waals surface area contributed by atoms with Gasteiger partial charge in [0, 0.05) is 0 Å². The van der Waals surface area contributed by atoms with Crippen LogP contribution in [0.2, 0.25) is 18.6 Å². The van der Waals surface area contributed by atoms with E-state index in [0.29, 0.717) is 0 Å². The minimum atomic E-state index is -1.67. The van der Waals surface area contributed by atoms with E-state index in [1.165, 1.54) is 0 Å². The summed E-state index contributed by atoms with van der Waals surface area (Å²) in [6.07, 6.45) is 0. The summed E-state index contributed by atoms with van der Waals surface area (Å²) >= 11 is -0.556. The molecule has 0 aromatic carbocycles. The molecule has 27 heavy (non-hydrogen) atoms. The fourth-order valence-corrected chi connectivity index (χ4v) is 10.7. The van der Waals surface area contributed by atoms with Gasteiger partial charge in [-0.3, -0.25) is 0 Å². The third-order valence-corrected chi connectivity index (χ3v) is 10.7. The van der Waals surface area contributed by atoms with Crippen LogP contribution >= 0.6 is 18.6 Å². The molecule has 0 saturated heterocycles. The minimum absolute atomic E-state index is 0. The molecule has 1 fully saturated rings. The quantitative estimate of drug-likeness (QED) is 0.285. The van der Waals surface area contributed by atoms with Crippen LogP contribution in [0, 0.1) is 31.1 Å². The summed E-state index contributed by atoms with van der Waals surface area (Å²) in [5.74, 6) is 2.99. The van der Waals surface area contributed by atoms with Crippen LogP contribution in [0.15, 0.2) is 22.3 Å². The Morgan fingerprint density at radius 1 is 0.852 bits per heavy atom. The van der Waals surface area contributed by atoms with Gasteiger partial charge < -0.3 is 12.4 Å².